The molecule has 1 saturated heterocycles. The number of halogens is 3. The maximum atomic E-state index is 12.6. The molecule has 0 saturated carbocycles. The molecule has 3 heterocycles. The van der Waals surface area contributed by atoms with Crippen molar-refractivity contribution in [3.63, 3.8) is 0 Å². The van der Waals surface area contributed by atoms with Crippen LogP contribution in [0.2, 0.25) is 0 Å². The Kier molecular flexibility index (Phi) is 3.64. The summed E-state index contributed by atoms with van der Waals surface area (Å²) in [7, 11) is 1.81. The first-order valence-electron chi connectivity index (χ1n) is 6.77. The van der Waals surface area contributed by atoms with Gasteiger partial charge in [0.1, 0.15) is 11.4 Å². The Morgan fingerprint density at radius 1 is 1.32 bits per heavy atom. The number of anilines is 1. The van der Waals surface area contributed by atoms with E-state index in [1.54, 1.807) is 21.9 Å². The van der Waals surface area contributed by atoms with Crippen LogP contribution in [0.5, 0.6) is 0 Å². The zero-order valence-corrected chi connectivity index (χ0v) is 12.7. The zero-order valence-electron chi connectivity index (χ0n) is 11.8. The Balaban J connectivity index is 1.72. The highest BCUT2D eigenvalue weighted by molar-refractivity contribution is 7.13. The summed E-state index contributed by atoms with van der Waals surface area (Å²) in [4.78, 5) is 9.60. The molecule has 2 aromatic rings. The number of imidazole rings is 1. The van der Waals surface area contributed by atoms with Gasteiger partial charge in [-0.3, -0.25) is 0 Å². The molecule has 0 unspecified atom stereocenters. The van der Waals surface area contributed by atoms with E-state index in [2.05, 4.69) is 9.97 Å². The smallest absolute Gasteiger partial charge is 0.382 e. The van der Waals surface area contributed by atoms with Crippen LogP contribution in [0.4, 0.5) is 18.3 Å². The summed E-state index contributed by atoms with van der Waals surface area (Å²) in [5.74, 6) is 0.585. The van der Waals surface area contributed by atoms with Gasteiger partial charge in [-0.05, 0) is 0 Å². The topological polar surface area (TPSA) is 54.2 Å². The summed E-state index contributed by atoms with van der Waals surface area (Å²) < 4.78 is 39.6. The van der Waals surface area contributed by atoms with Gasteiger partial charge in [0.25, 0.3) is 0 Å². The van der Waals surface area contributed by atoms with Gasteiger partial charge in [-0.2, -0.15) is 13.2 Å². The molecule has 0 aliphatic carbocycles. The molecule has 1 fully saturated rings. The van der Waals surface area contributed by atoms with E-state index in [0.717, 1.165) is 16.7 Å². The van der Waals surface area contributed by atoms with E-state index < -0.39 is 17.5 Å². The van der Waals surface area contributed by atoms with Crippen molar-refractivity contribution in [3.8, 4) is 0 Å². The predicted molar refractivity (Wildman–Crippen MR) is 75.7 cm³/mol. The Bertz CT molecular complexity index is 658. The van der Waals surface area contributed by atoms with E-state index in [0.29, 0.717) is 36.9 Å². The van der Waals surface area contributed by atoms with E-state index in [-0.39, 0.29) is 0 Å². The minimum absolute atomic E-state index is 0.342. The molecule has 0 atom stereocenters. The van der Waals surface area contributed by atoms with Crippen LogP contribution in [0.3, 0.4) is 0 Å². The van der Waals surface area contributed by atoms with Crippen LogP contribution in [0.25, 0.3) is 0 Å². The van der Waals surface area contributed by atoms with Crippen molar-refractivity contribution in [1.82, 2.24) is 14.5 Å². The molecule has 9 heteroatoms. The molecule has 120 valence electrons. The molecule has 0 aromatic carbocycles. The van der Waals surface area contributed by atoms with Gasteiger partial charge in [0.2, 0.25) is 0 Å². The van der Waals surface area contributed by atoms with Crippen LogP contribution < -0.4 is 4.90 Å². The first-order chi connectivity index (χ1) is 10.3. The van der Waals surface area contributed by atoms with Gasteiger partial charge in [-0.15, -0.1) is 11.3 Å². The molecular formula is C13H15F3N4OS. The Hall–Kier alpha value is -1.61. The largest absolute Gasteiger partial charge is 0.434 e. The summed E-state index contributed by atoms with van der Waals surface area (Å²) in [5, 5.41) is 12.1. The second-order valence-corrected chi connectivity index (χ2v) is 6.23. The van der Waals surface area contributed by atoms with Crippen LogP contribution >= 0.6 is 11.3 Å². The standard InChI is InChI=1S/C13H15F3N4OS/c1-19-7-4-17-10(19)12(21)2-5-20(6-3-12)11-18-9(8-22-11)13(14,15)16/h4,7-8,21H,2-3,5-6H2,1H3. The van der Waals surface area contributed by atoms with Gasteiger partial charge in [0.05, 0.1) is 0 Å². The van der Waals surface area contributed by atoms with Crippen molar-refractivity contribution in [2.75, 3.05) is 18.0 Å². The van der Waals surface area contributed by atoms with Crippen LogP contribution in [0, 0.1) is 0 Å². The summed E-state index contributed by atoms with van der Waals surface area (Å²) >= 11 is 0.976. The van der Waals surface area contributed by atoms with Crippen molar-refractivity contribution in [3.05, 3.63) is 29.3 Å². The molecule has 0 spiro atoms. The molecular weight excluding hydrogens is 317 g/mol. The maximum absolute atomic E-state index is 12.6. The highest BCUT2D eigenvalue weighted by atomic mass is 32.1. The minimum Gasteiger partial charge on any atom is -0.382 e. The Morgan fingerprint density at radius 2 is 2.00 bits per heavy atom. The lowest BCUT2D eigenvalue weighted by molar-refractivity contribution is -0.140. The number of rotatable bonds is 2. The van der Waals surface area contributed by atoms with Crippen molar-refractivity contribution in [1.29, 1.82) is 0 Å². The lowest BCUT2D eigenvalue weighted by Crippen LogP contribution is -2.44. The summed E-state index contributed by atoms with van der Waals surface area (Å²) in [6.07, 6.45) is -0.234. The first kappa shape index (κ1) is 15.3. The molecule has 1 aliphatic rings. The first-order valence-corrected chi connectivity index (χ1v) is 7.65. The number of piperidine rings is 1. The average molecular weight is 332 g/mol. The van der Waals surface area contributed by atoms with Crippen LogP contribution in [0.15, 0.2) is 17.8 Å². The van der Waals surface area contributed by atoms with E-state index >= 15 is 0 Å². The summed E-state index contributed by atoms with van der Waals surface area (Å²) in [5.41, 5.74) is -1.91. The normalized spacial score (nSPS) is 18.7. The number of aryl methyl sites for hydroxylation is 1. The molecule has 5 nitrogen and oxygen atoms in total. The molecule has 2 aromatic heterocycles. The van der Waals surface area contributed by atoms with Crippen molar-refractivity contribution in [2.24, 2.45) is 7.05 Å². The summed E-state index contributed by atoms with van der Waals surface area (Å²) in [6, 6.07) is 0. The number of alkyl halides is 3. The molecule has 1 aliphatic heterocycles. The van der Waals surface area contributed by atoms with Crippen molar-refractivity contribution in [2.45, 2.75) is 24.6 Å². The fourth-order valence-corrected chi connectivity index (χ4v) is 3.53. The van der Waals surface area contributed by atoms with Gasteiger partial charge >= 0.3 is 6.18 Å². The fourth-order valence-electron chi connectivity index (χ4n) is 2.65. The minimum atomic E-state index is -4.42. The fraction of sp³-hybridized carbons (Fsp3) is 0.538. The lowest BCUT2D eigenvalue weighted by atomic mass is 9.90. The molecule has 0 radical (unpaired) electrons. The van der Waals surface area contributed by atoms with E-state index in [1.165, 1.54) is 0 Å². The average Bonchev–Trinajstić information content (AvgIpc) is 3.08. The second-order valence-electron chi connectivity index (χ2n) is 5.39. The number of aromatic nitrogens is 3. The van der Waals surface area contributed by atoms with Crippen LogP contribution in [-0.4, -0.2) is 32.7 Å². The quantitative estimate of drug-likeness (QED) is 0.917. The Labute approximate surface area is 129 Å². The third-order valence-electron chi connectivity index (χ3n) is 3.88. The van der Waals surface area contributed by atoms with Gasteiger partial charge in [0.15, 0.2) is 10.8 Å². The predicted octanol–water partition coefficient (Wildman–Crippen LogP) is 2.38. The highest BCUT2D eigenvalue weighted by Gasteiger charge is 2.39. The SMILES string of the molecule is Cn1ccnc1C1(O)CCN(c2nc(C(F)(F)F)cs2)CC1. The van der Waals surface area contributed by atoms with E-state index in [9.17, 15) is 18.3 Å². The summed E-state index contributed by atoms with van der Waals surface area (Å²) in [6.45, 7) is 0.877. The number of hydrogen-bond acceptors (Lipinski definition) is 5. The van der Waals surface area contributed by atoms with Crippen LogP contribution in [-0.2, 0) is 18.8 Å². The monoisotopic (exact) mass is 332 g/mol. The second kappa shape index (κ2) is 5.24. The molecule has 1 N–H and O–H groups in total. The molecule has 3 rings (SSSR count). The number of hydrogen-bond donors (Lipinski definition) is 1. The van der Waals surface area contributed by atoms with Crippen molar-refractivity contribution < 1.29 is 18.3 Å². The molecule has 22 heavy (non-hydrogen) atoms. The zero-order chi connectivity index (χ0) is 16.0. The van der Waals surface area contributed by atoms with Gasteiger partial charge in [-0.1, -0.05) is 0 Å². The number of thiazole rings is 1. The van der Waals surface area contributed by atoms with E-state index in [4.69, 9.17) is 0 Å². The van der Waals surface area contributed by atoms with E-state index in [1.807, 2.05) is 7.05 Å². The van der Waals surface area contributed by atoms with Gasteiger partial charge < -0.3 is 14.6 Å². The van der Waals surface area contributed by atoms with Crippen LogP contribution in [0.1, 0.15) is 24.4 Å². The molecule has 0 bridgehead atoms. The lowest BCUT2D eigenvalue weighted by Gasteiger charge is -2.37. The van der Waals surface area contributed by atoms with Crippen molar-refractivity contribution >= 4 is 16.5 Å². The number of aliphatic hydroxyl groups is 1. The number of nitrogens with zero attached hydrogens (tertiary/aromatic N) is 4. The maximum Gasteiger partial charge on any atom is 0.434 e. The Morgan fingerprint density at radius 3 is 2.50 bits per heavy atom. The van der Waals surface area contributed by atoms with Gasteiger partial charge in [0, 0.05) is 50.8 Å². The third-order valence-corrected chi connectivity index (χ3v) is 4.78. The molecule has 0 amide bonds. The third kappa shape index (κ3) is 2.70. The highest BCUT2D eigenvalue weighted by Crippen LogP contribution is 2.37. The van der Waals surface area contributed by atoms with Gasteiger partial charge in [-0.25, -0.2) is 9.97 Å².